The van der Waals surface area contributed by atoms with Gasteiger partial charge in [-0.05, 0) is 27.7 Å². The molecule has 1 atom stereocenters. The monoisotopic (exact) mass is 189 g/mol. The second-order valence-electron chi connectivity index (χ2n) is 4.16. The molecule has 0 rings (SSSR count). The molecule has 0 aliphatic heterocycles. The van der Waals surface area contributed by atoms with E-state index < -0.39 is 6.10 Å². The van der Waals surface area contributed by atoms with E-state index in [1.807, 2.05) is 20.8 Å². The molecule has 2 N–H and O–H groups in total. The Bertz CT molecular complexity index is 161. The average molecular weight is 189 g/mol. The zero-order valence-electron chi connectivity index (χ0n) is 8.76. The molecule has 0 aromatic rings. The molecule has 13 heavy (non-hydrogen) atoms. The van der Waals surface area contributed by atoms with E-state index in [1.54, 1.807) is 6.92 Å². The summed E-state index contributed by atoms with van der Waals surface area (Å²) >= 11 is 0. The lowest BCUT2D eigenvalue weighted by molar-refractivity contribution is -0.128. The highest BCUT2D eigenvalue weighted by Crippen LogP contribution is 1.97. The van der Waals surface area contributed by atoms with Gasteiger partial charge in [-0.2, -0.15) is 0 Å². The van der Waals surface area contributed by atoms with Crippen molar-refractivity contribution in [3.8, 4) is 0 Å². The van der Waals surface area contributed by atoms with Crippen molar-refractivity contribution in [3.63, 3.8) is 0 Å². The molecule has 0 saturated heterocycles. The Hall–Kier alpha value is -0.610. The van der Waals surface area contributed by atoms with Crippen LogP contribution in [-0.4, -0.2) is 35.9 Å². The van der Waals surface area contributed by atoms with Gasteiger partial charge in [-0.15, -0.1) is 0 Å². The van der Waals surface area contributed by atoms with Gasteiger partial charge >= 0.3 is 0 Å². The molecule has 0 aromatic heterocycles. The smallest absolute Gasteiger partial charge is 0.246 e. The van der Waals surface area contributed by atoms with Gasteiger partial charge in [0.2, 0.25) is 5.91 Å². The Morgan fingerprint density at radius 1 is 1.54 bits per heavy atom. The number of amides is 1. The molecule has 1 unspecified atom stereocenters. The zero-order chi connectivity index (χ0) is 10.5. The molecule has 0 bridgehead atoms. The molecule has 1 amide bonds. The minimum absolute atomic E-state index is 0.00215. The molecular formula is C9H19NO3. The summed E-state index contributed by atoms with van der Waals surface area (Å²) in [5.41, 5.74) is -0.231. The normalized spacial score (nSPS) is 13.9. The lowest BCUT2D eigenvalue weighted by atomic mass is 10.1. The second-order valence-corrected chi connectivity index (χ2v) is 4.16. The van der Waals surface area contributed by atoms with E-state index in [9.17, 15) is 4.79 Å². The van der Waals surface area contributed by atoms with Crippen LogP contribution in [0, 0.1) is 0 Å². The fraction of sp³-hybridized carbons (Fsp3) is 0.889. The fourth-order valence-corrected chi connectivity index (χ4v) is 0.777. The first-order valence-electron chi connectivity index (χ1n) is 4.38. The van der Waals surface area contributed by atoms with Crippen molar-refractivity contribution in [2.24, 2.45) is 0 Å². The van der Waals surface area contributed by atoms with Gasteiger partial charge in [-0.3, -0.25) is 4.79 Å². The van der Waals surface area contributed by atoms with Crippen LogP contribution in [0.3, 0.4) is 0 Å². The van der Waals surface area contributed by atoms with Crippen LogP contribution in [-0.2, 0) is 9.53 Å². The maximum atomic E-state index is 11.1. The van der Waals surface area contributed by atoms with Gasteiger partial charge in [-0.1, -0.05) is 0 Å². The van der Waals surface area contributed by atoms with Crippen LogP contribution >= 0.6 is 0 Å². The topological polar surface area (TPSA) is 58.6 Å². The van der Waals surface area contributed by atoms with Gasteiger partial charge in [-0.25, -0.2) is 0 Å². The predicted octanol–water partition coefficient (Wildman–Crippen LogP) is 0.298. The maximum absolute atomic E-state index is 11.1. The van der Waals surface area contributed by atoms with Crippen LogP contribution in [0.4, 0.5) is 0 Å². The molecule has 0 heterocycles. The minimum Gasteiger partial charge on any atom is -0.391 e. The minimum atomic E-state index is -0.526. The number of nitrogens with one attached hydrogen (secondary N) is 1. The molecule has 0 radical (unpaired) electrons. The standard InChI is InChI=1S/C9H19NO3/c1-7(11)5-13-6-8(12)10-9(2,3)4/h7,11H,5-6H2,1-4H3,(H,10,12). The molecule has 0 saturated carbocycles. The first-order valence-corrected chi connectivity index (χ1v) is 4.38. The highest BCUT2D eigenvalue weighted by Gasteiger charge is 2.13. The van der Waals surface area contributed by atoms with E-state index >= 15 is 0 Å². The Morgan fingerprint density at radius 2 is 2.08 bits per heavy atom. The predicted molar refractivity (Wildman–Crippen MR) is 50.4 cm³/mol. The van der Waals surface area contributed by atoms with Crippen molar-refractivity contribution in [1.82, 2.24) is 5.32 Å². The Labute approximate surface area is 79.3 Å². The molecule has 0 aliphatic carbocycles. The Balaban J connectivity index is 3.53. The zero-order valence-corrected chi connectivity index (χ0v) is 8.76. The summed E-state index contributed by atoms with van der Waals surface area (Å²) in [6.07, 6.45) is -0.526. The number of aliphatic hydroxyl groups is 1. The quantitative estimate of drug-likeness (QED) is 0.668. The molecule has 0 fully saturated rings. The van der Waals surface area contributed by atoms with Gasteiger partial charge in [0, 0.05) is 5.54 Å². The van der Waals surface area contributed by atoms with Gasteiger partial charge in [0.25, 0.3) is 0 Å². The molecule has 78 valence electrons. The number of carbonyl (C=O) groups excluding carboxylic acids is 1. The lowest BCUT2D eigenvalue weighted by Gasteiger charge is -2.20. The largest absolute Gasteiger partial charge is 0.391 e. The lowest BCUT2D eigenvalue weighted by Crippen LogP contribution is -2.42. The van der Waals surface area contributed by atoms with E-state index in [4.69, 9.17) is 9.84 Å². The van der Waals surface area contributed by atoms with Crippen molar-refractivity contribution >= 4 is 5.91 Å². The molecule has 0 aliphatic rings. The SMILES string of the molecule is CC(O)COCC(=O)NC(C)(C)C. The number of ether oxygens (including phenoxy) is 1. The van der Waals surface area contributed by atoms with Gasteiger partial charge in [0.05, 0.1) is 12.7 Å². The average Bonchev–Trinajstić information content (AvgIpc) is 1.81. The third-order valence-electron chi connectivity index (χ3n) is 1.11. The van der Waals surface area contributed by atoms with Crippen molar-refractivity contribution < 1.29 is 14.6 Å². The van der Waals surface area contributed by atoms with Crippen LogP contribution in [0.2, 0.25) is 0 Å². The van der Waals surface area contributed by atoms with Crippen LogP contribution in [0.15, 0.2) is 0 Å². The second kappa shape index (κ2) is 5.19. The van der Waals surface area contributed by atoms with Crippen LogP contribution in [0.1, 0.15) is 27.7 Å². The first kappa shape index (κ1) is 12.4. The number of hydrogen-bond donors (Lipinski definition) is 2. The summed E-state index contributed by atoms with van der Waals surface area (Å²) < 4.78 is 4.94. The number of hydrogen-bond acceptors (Lipinski definition) is 3. The van der Waals surface area contributed by atoms with Crippen LogP contribution in [0.5, 0.6) is 0 Å². The van der Waals surface area contributed by atoms with Crippen molar-refractivity contribution in [2.75, 3.05) is 13.2 Å². The van der Waals surface area contributed by atoms with E-state index in [0.717, 1.165) is 0 Å². The van der Waals surface area contributed by atoms with Crippen molar-refractivity contribution in [3.05, 3.63) is 0 Å². The van der Waals surface area contributed by atoms with E-state index in [-0.39, 0.29) is 24.7 Å². The number of rotatable bonds is 4. The van der Waals surface area contributed by atoms with Gasteiger partial charge in [0.15, 0.2) is 0 Å². The summed E-state index contributed by atoms with van der Waals surface area (Å²) in [6.45, 7) is 7.51. The molecule has 0 spiro atoms. The molecular weight excluding hydrogens is 170 g/mol. The van der Waals surface area contributed by atoms with Crippen LogP contribution < -0.4 is 5.32 Å². The highest BCUT2D eigenvalue weighted by molar-refractivity contribution is 5.77. The fourth-order valence-electron chi connectivity index (χ4n) is 0.777. The molecule has 0 aromatic carbocycles. The third kappa shape index (κ3) is 9.30. The van der Waals surface area contributed by atoms with E-state index in [0.29, 0.717) is 0 Å². The summed E-state index contributed by atoms with van der Waals surface area (Å²) in [7, 11) is 0. The van der Waals surface area contributed by atoms with Gasteiger partial charge < -0.3 is 15.2 Å². The summed E-state index contributed by atoms with van der Waals surface area (Å²) in [5, 5.41) is 11.6. The summed E-state index contributed by atoms with van der Waals surface area (Å²) in [5.74, 6) is -0.159. The molecule has 4 heteroatoms. The summed E-state index contributed by atoms with van der Waals surface area (Å²) in [6, 6.07) is 0. The van der Waals surface area contributed by atoms with E-state index in [1.165, 1.54) is 0 Å². The van der Waals surface area contributed by atoms with Gasteiger partial charge in [0.1, 0.15) is 6.61 Å². The maximum Gasteiger partial charge on any atom is 0.246 e. The highest BCUT2D eigenvalue weighted by atomic mass is 16.5. The third-order valence-corrected chi connectivity index (χ3v) is 1.11. The van der Waals surface area contributed by atoms with Crippen molar-refractivity contribution in [1.29, 1.82) is 0 Å². The van der Waals surface area contributed by atoms with Crippen molar-refractivity contribution in [2.45, 2.75) is 39.3 Å². The number of aliphatic hydroxyl groups excluding tert-OH is 1. The Morgan fingerprint density at radius 3 is 2.46 bits per heavy atom. The van der Waals surface area contributed by atoms with E-state index in [2.05, 4.69) is 5.32 Å². The summed E-state index contributed by atoms with van der Waals surface area (Å²) in [4.78, 5) is 11.1. The first-order chi connectivity index (χ1) is 5.81. The van der Waals surface area contributed by atoms with Crippen LogP contribution in [0.25, 0.3) is 0 Å². The molecule has 4 nitrogen and oxygen atoms in total. The number of carbonyl (C=O) groups is 1. The Kier molecular flexibility index (Phi) is 4.95.